The van der Waals surface area contributed by atoms with Gasteiger partial charge in [-0.25, -0.2) is 8.42 Å². The number of aromatic nitrogens is 1. The van der Waals surface area contributed by atoms with Crippen molar-refractivity contribution in [2.45, 2.75) is 25.1 Å². The van der Waals surface area contributed by atoms with Gasteiger partial charge in [0.1, 0.15) is 11.4 Å². The minimum absolute atomic E-state index is 0. The number of hydrogen-bond acceptors (Lipinski definition) is 8. The summed E-state index contributed by atoms with van der Waals surface area (Å²) in [7, 11) is -3.14. The van der Waals surface area contributed by atoms with Gasteiger partial charge < -0.3 is 20.1 Å². The molecule has 2 aromatic rings. The molecule has 0 saturated carbocycles. The van der Waals surface area contributed by atoms with E-state index in [4.69, 9.17) is 10.1 Å². The van der Waals surface area contributed by atoms with Gasteiger partial charge in [0, 0.05) is 13.2 Å². The summed E-state index contributed by atoms with van der Waals surface area (Å²) < 4.78 is 57.7. The Morgan fingerprint density at radius 1 is 1.30 bits per heavy atom. The molecule has 33 heavy (non-hydrogen) atoms. The molecule has 3 N–H and O–H groups in total. The average molecular weight is 483 g/mol. The molecule has 178 valence electrons. The van der Waals surface area contributed by atoms with Gasteiger partial charge >= 0.3 is 6.61 Å². The second-order valence-corrected chi connectivity index (χ2v) is 10.4. The summed E-state index contributed by atoms with van der Waals surface area (Å²) in [4.78, 5) is 17.0. The number of amides is 1. The van der Waals surface area contributed by atoms with Gasteiger partial charge in [-0.15, -0.1) is 0 Å². The van der Waals surface area contributed by atoms with E-state index in [2.05, 4.69) is 20.4 Å². The first-order valence-corrected chi connectivity index (χ1v) is 11.9. The van der Waals surface area contributed by atoms with Crippen molar-refractivity contribution in [3.63, 3.8) is 0 Å². The monoisotopic (exact) mass is 482 g/mol. The topological polar surface area (TPSA) is 130 Å². The number of carbonyl (C=O) groups is 1. The second kappa shape index (κ2) is 8.67. The van der Waals surface area contributed by atoms with Crippen LogP contribution in [0.25, 0.3) is 0 Å². The van der Waals surface area contributed by atoms with E-state index < -0.39 is 27.9 Å². The van der Waals surface area contributed by atoms with Crippen molar-refractivity contribution < 1.29 is 32.9 Å². The highest BCUT2D eigenvalue weighted by atomic mass is 32.2. The third-order valence-corrected chi connectivity index (χ3v) is 7.38. The van der Waals surface area contributed by atoms with Crippen molar-refractivity contribution in [1.29, 1.82) is 5.41 Å². The third kappa shape index (κ3) is 5.28. The molecule has 0 bridgehead atoms. The van der Waals surface area contributed by atoms with Gasteiger partial charge in [-0.2, -0.15) is 8.78 Å². The van der Waals surface area contributed by atoms with E-state index in [0.717, 1.165) is 0 Å². The Bertz CT molecular complexity index is 1200. The zero-order valence-corrected chi connectivity index (χ0v) is 18.4. The fourth-order valence-corrected chi connectivity index (χ4v) is 5.75. The van der Waals surface area contributed by atoms with Crippen molar-refractivity contribution >= 4 is 27.1 Å². The van der Waals surface area contributed by atoms with Crippen LogP contribution >= 0.6 is 0 Å². The lowest BCUT2D eigenvalue weighted by atomic mass is 10.0. The van der Waals surface area contributed by atoms with Crippen molar-refractivity contribution in [3.05, 3.63) is 53.3 Å². The minimum Gasteiger partial charge on any atom is -0.435 e. The molecule has 1 amide bonds. The van der Waals surface area contributed by atoms with E-state index in [9.17, 15) is 22.0 Å². The van der Waals surface area contributed by atoms with Crippen LogP contribution in [0, 0.1) is 5.41 Å². The van der Waals surface area contributed by atoms with E-state index >= 15 is 0 Å². The molecule has 0 radical (unpaired) electrons. The maximum atomic E-state index is 12.7. The van der Waals surface area contributed by atoms with Crippen LogP contribution in [0.3, 0.4) is 0 Å². The van der Waals surface area contributed by atoms with Crippen LogP contribution in [0.4, 0.5) is 14.5 Å². The highest BCUT2D eigenvalue weighted by molar-refractivity contribution is 7.93. The molecule has 2 aliphatic rings. The number of anilines is 1. The van der Waals surface area contributed by atoms with Gasteiger partial charge in [0.05, 0.1) is 53.3 Å². The molecule has 1 aromatic heterocycles. The van der Waals surface area contributed by atoms with Crippen molar-refractivity contribution in [3.8, 4) is 5.75 Å². The lowest BCUT2D eigenvalue weighted by Gasteiger charge is -2.38. The quantitative estimate of drug-likeness (QED) is 0.491. The van der Waals surface area contributed by atoms with Crippen LogP contribution in [0.15, 0.2) is 36.5 Å². The number of nitrogens with one attached hydrogen (secondary N) is 3. The largest absolute Gasteiger partial charge is 0.435 e. The van der Waals surface area contributed by atoms with E-state index in [-0.39, 0.29) is 41.7 Å². The zero-order chi connectivity index (χ0) is 23.8. The Morgan fingerprint density at radius 3 is 2.64 bits per heavy atom. The van der Waals surface area contributed by atoms with E-state index in [1.165, 1.54) is 30.5 Å². The molecule has 2 aliphatic heterocycles. The predicted molar refractivity (Wildman–Crippen MR) is 118 cm³/mol. The number of halogens is 2. The normalized spacial score (nSPS) is 18.7. The van der Waals surface area contributed by atoms with Crippen molar-refractivity contribution in [2.75, 3.05) is 30.0 Å². The Morgan fingerprint density at radius 2 is 2.03 bits per heavy atom. The van der Waals surface area contributed by atoms with Crippen molar-refractivity contribution in [2.24, 2.45) is 0 Å². The smallest absolute Gasteiger partial charge is 0.387 e. The van der Waals surface area contributed by atoms with Gasteiger partial charge in [-0.3, -0.25) is 15.2 Å². The molecule has 9 nitrogen and oxygen atoms in total. The molecule has 1 aromatic carbocycles. The van der Waals surface area contributed by atoms with Crippen LogP contribution in [0.2, 0.25) is 0 Å². The molecule has 3 heterocycles. The zero-order valence-electron chi connectivity index (χ0n) is 17.6. The molecule has 2 saturated heterocycles. The Balaban J connectivity index is 0.00000324. The lowest BCUT2D eigenvalue weighted by Crippen LogP contribution is -2.63. The van der Waals surface area contributed by atoms with Gasteiger partial charge in [-0.05, 0) is 25.1 Å². The molecule has 2 fully saturated rings. The molecular weight excluding hydrogens is 458 g/mol. The van der Waals surface area contributed by atoms with Crippen LogP contribution < -0.4 is 15.4 Å². The maximum absolute atomic E-state index is 12.7. The molecule has 0 aliphatic carbocycles. The Hall–Kier alpha value is -3.12. The Labute approximate surface area is 190 Å². The Kier molecular flexibility index (Phi) is 6.06. The highest BCUT2D eigenvalue weighted by Crippen LogP contribution is 2.26. The van der Waals surface area contributed by atoms with Crippen LogP contribution in [0.1, 0.15) is 30.0 Å². The first-order valence-electron chi connectivity index (χ1n) is 10.0. The predicted octanol–water partition coefficient (Wildman–Crippen LogP) is 2.07. The van der Waals surface area contributed by atoms with Crippen LogP contribution in [-0.2, 0) is 14.6 Å². The van der Waals surface area contributed by atoms with E-state index in [1.54, 1.807) is 13.0 Å². The summed E-state index contributed by atoms with van der Waals surface area (Å²) in [5.41, 5.74) is 0.202. The highest BCUT2D eigenvalue weighted by Gasteiger charge is 2.45. The number of hydrogen-bond donors (Lipinski definition) is 3. The fraction of sp³-hybridized carbons (Fsp3) is 0.381. The molecule has 0 unspecified atom stereocenters. The molecule has 0 spiro atoms. The lowest BCUT2D eigenvalue weighted by molar-refractivity contribution is -0.0498. The second-order valence-electron chi connectivity index (χ2n) is 8.33. The van der Waals surface area contributed by atoms with Gasteiger partial charge in [0.25, 0.3) is 5.91 Å². The molecular formula is C21H24F2N4O5S. The number of nitrogens with zero attached hydrogens (tertiary/aromatic N) is 1. The first-order chi connectivity index (χ1) is 15.5. The number of benzene rings is 1. The standard InChI is InChI=1S/C21H22F2N4O5S.H2/c1-21(10-33(29,30)11-21)27-19(28)13-6-16(26-14-8-31-9-14)18(25-7-13)17(24)12-3-2-4-15(5-12)32-20(22)23;/h2-7,14,20,24,26H,8-11H2,1H3,(H,27,28);1H. The SMILES string of the molecule is CC1(NC(=O)c2cnc(C(=N)c3cccc(OC(F)F)c3)c(NC3COC3)c2)CS(=O)(=O)C1.[HH]. The maximum Gasteiger partial charge on any atom is 0.387 e. The first kappa shape index (κ1) is 23.1. The fourth-order valence-electron chi connectivity index (χ4n) is 3.75. The number of sulfone groups is 1. The number of carbonyl (C=O) groups excluding carboxylic acids is 1. The van der Waals surface area contributed by atoms with Crippen LogP contribution in [-0.4, -0.2) is 67.9 Å². The van der Waals surface area contributed by atoms with E-state index in [1.807, 2.05) is 0 Å². The third-order valence-electron chi connectivity index (χ3n) is 5.22. The summed E-state index contributed by atoms with van der Waals surface area (Å²) in [5.74, 6) is -0.848. The number of ether oxygens (including phenoxy) is 2. The molecule has 4 rings (SSSR count). The summed E-state index contributed by atoms with van der Waals surface area (Å²) in [6.07, 6.45) is 1.29. The summed E-state index contributed by atoms with van der Waals surface area (Å²) in [6, 6.07) is 7.21. The van der Waals surface area contributed by atoms with Gasteiger partial charge in [0.2, 0.25) is 0 Å². The number of alkyl halides is 2. The minimum atomic E-state index is -3.14. The summed E-state index contributed by atoms with van der Waals surface area (Å²) in [6.45, 7) is -0.454. The van der Waals surface area contributed by atoms with Crippen molar-refractivity contribution in [1.82, 2.24) is 10.3 Å². The molecule has 0 atom stereocenters. The van der Waals surface area contributed by atoms with Gasteiger partial charge in [-0.1, -0.05) is 12.1 Å². The molecule has 12 heteroatoms. The number of rotatable bonds is 8. The van der Waals surface area contributed by atoms with Crippen LogP contribution in [0.5, 0.6) is 5.75 Å². The summed E-state index contributed by atoms with van der Waals surface area (Å²) in [5, 5.41) is 14.5. The average Bonchev–Trinajstić information content (AvgIpc) is 2.68. The van der Waals surface area contributed by atoms with Gasteiger partial charge in [0.15, 0.2) is 9.84 Å². The summed E-state index contributed by atoms with van der Waals surface area (Å²) >= 11 is 0. The van der Waals surface area contributed by atoms with E-state index in [0.29, 0.717) is 24.5 Å². The number of pyridine rings is 1.